The van der Waals surface area contributed by atoms with E-state index < -0.39 is 12.0 Å². The van der Waals surface area contributed by atoms with Crippen molar-refractivity contribution in [2.75, 3.05) is 36.4 Å². The van der Waals surface area contributed by atoms with Gasteiger partial charge in [0.15, 0.2) is 5.82 Å². The van der Waals surface area contributed by atoms with E-state index in [0.717, 1.165) is 40.6 Å². The van der Waals surface area contributed by atoms with E-state index >= 15 is 0 Å². The van der Waals surface area contributed by atoms with Gasteiger partial charge in [-0.15, -0.1) is 21.5 Å². The molecule has 1 fully saturated rings. The summed E-state index contributed by atoms with van der Waals surface area (Å²) in [6.07, 6.45) is -1.69. The van der Waals surface area contributed by atoms with E-state index in [-0.39, 0.29) is 24.8 Å². The lowest BCUT2D eigenvalue weighted by Crippen LogP contribution is -2.36. The predicted octanol–water partition coefficient (Wildman–Crippen LogP) is 3.55. The van der Waals surface area contributed by atoms with Gasteiger partial charge >= 0.3 is 6.18 Å². The van der Waals surface area contributed by atoms with Crippen molar-refractivity contribution in [2.45, 2.75) is 52.4 Å². The van der Waals surface area contributed by atoms with Gasteiger partial charge in [-0.1, -0.05) is 13.3 Å². The minimum Gasteiger partial charge on any atom is -0.354 e. The number of halogens is 3. The highest BCUT2D eigenvalue weighted by Gasteiger charge is 2.39. The fourth-order valence-corrected chi connectivity index (χ4v) is 5.84. The lowest BCUT2D eigenvalue weighted by atomic mass is 10.1. The van der Waals surface area contributed by atoms with Crippen LogP contribution in [0.25, 0.3) is 10.2 Å². The van der Waals surface area contributed by atoms with Crippen molar-refractivity contribution in [3.8, 4) is 0 Å². The van der Waals surface area contributed by atoms with Crippen LogP contribution in [0.2, 0.25) is 0 Å². The second-order valence-electron chi connectivity index (χ2n) is 9.06. The van der Waals surface area contributed by atoms with Crippen LogP contribution in [0.5, 0.6) is 0 Å². The number of likely N-dealkylation sites (tertiary alicyclic amines) is 1. The number of thiophene rings is 1. The fraction of sp³-hybridized carbons (Fsp3) is 0.591. The summed E-state index contributed by atoms with van der Waals surface area (Å²) in [6, 6.07) is 2.09. The molecule has 2 aliphatic rings. The van der Waals surface area contributed by atoms with Crippen molar-refractivity contribution in [1.82, 2.24) is 29.6 Å². The van der Waals surface area contributed by atoms with Gasteiger partial charge in [0.25, 0.3) is 0 Å². The van der Waals surface area contributed by atoms with Gasteiger partial charge in [-0.05, 0) is 24.8 Å². The molecule has 0 radical (unpaired) electrons. The molecule has 0 aliphatic carbocycles. The monoisotopic (exact) mass is 508 g/mol. The quantitative estimate of drug-likeness (QED) is 0.544. The normalized spacial score (nSPS) is 18.4. The largest absolute Gasteiger partial charge is 0.451 e. The molecule has 5 heterocycles. The number of aromatic nitrogens is 5. The van der Waals surface area contributed by atoms with Crippen LogP contribution in [0.3, 0.4) is 0 Å². The smallest absolute Gasteiger partial charge is 0.354 e. The Morgan fingerprint density at radius 2 is 2.06 bits per heavy atom. The maximum atomic E-state index is 13.3. The summed E-state index contributed by atoms with van der Waals surface area (Å²) in [7, 11) is 0. The summed E-state index contributed by atoms with van der Waals surface area (Å²) in [4.78, 5) is 27.0. The van der Waals surface area contributed by atoms with Crippen LogP contribution < -0.4 is 10.2 Å². The number of nitrogens with one attached hydrogen (secondary N) is 1. The van der Waals surface area contributed by atoms with E-state index in [1.807, 2.05) is 9.80 Å². The highest BCUT2D eigenvalue weighted by Crippen LogP contribution is 2.35. The zero-order valence-electron chi connectivity index (χ0n) is 19.6. The second-order valence-corrected chi connectivity index (χ2v) is 10.2. The average molecular weight is 509 g/mol. The van der Waals surface area contributed by atoms with Crippen molar-refractivity contribution < 1.29 is 18.0 Å². The molecule has 13 heteroatoms. The third-order valence-corrected chi connectivity index (χ3v) is 7.60. The Kier molecular flexibility index (Phi) is 6.28. The van der Waals surface area contributed by atoms with E-state index in [1.54, 1.807) is 18.3 Å². The van der Waals surface area contributed by atoms with Gasteiger partial charge in [0.2, 0.25) is 17.7 Å². The maximum Gasteiger partial charge on any atom is 0.451 e. The van der Waals surface area contributed by atoms with E-state index in [4.69, 9.17) is 9.97 Å². The number of rotatable bonds is 6. The molecular weight excluding hydrogens is 481 g/mol. The molecular formula is C22H27F3N8OS. The molecule has 35 heavy (non-hydrogen) atoms. The predicted molar refractivity (Wildman–Crippen MR) is 126 cm³/mol. The van der Waals surface area contributed by atoms with Crippen LogP contribution in [0.4, 0.5) is 24.9 Å². The molecule has 0 aromatic carbocycles. The molecule has 1 saturated heterocycles. The summed E-state index contributed by atoms with van der Waals surface area (Å²) in [5.41, 5.74) is 0. The van der Waals surface area contributed by atoms with Gasteiger partial charge < -0.3 is 19.7 Å². The first-order chi connectivity index (χ1) is 16.7. The highest BCUT2D eigenvalue weighted by molar-refractivity contribution is 7.18. The maximum absolute atomic E-state index is 13.3. The van der Waals surface area contributed by atoms with Crippen LogP contribution in [0.15, 0.2) is 6.07 Å². The van der Waals surface area contributed by atoms with Gasteiger partial charge in [-0.2, -0.15) is 18.2 Å². The van der Waals surface area contributed by atoms with Gasteiger partial charge in [-0.25, -0.2) is 4.98 Å². The summed E-state index contributed by atoms with van der Waals surface area (Å²) in [5.74, 6) is 0.886. The molecule has 9 nitrogen and oxygen atoms in total. The molecule has 1 N–H and O–H groups in total. The first-order valence-electron chi connectivity index (χ1n) is 11.8. The first kappa shape index (κ1) is 23.8. The number of nitrogens with zero attached hydrogens (tertiary/aromatic N) is 7. The zero-order valence-corrected chi connectivity index (χ0v) is 20.4. The molecule has 0 bridgehead atoms. The Morgan fingerprint density at radius 3 is 2.77 bits per heavy atom. The number of hydrogen-bond donors (Lipinski definition) is 1. The first-order valence-corrected chi connectivity index (χ1v) is 12.6. The average Bonchev–Trinajstić information content (AvgIpc) is 3.54. The number of hydrogen-bond acceptors (Lipinski definition) is 8. The Balaban J connectivity index is 1.41. The van der Waals surface area contributed by atoms with Crippen molar-refractivity contribution in [3.63, 3.8) is 0 Å². The van der Waals surface area contributed by atoms with Crippen molar-refractivity contribution >= 4 is 39.2 Å². The standard InChI is InChI=1S/C22H27F3N8OS/c1-3-4-15-9-16-18(32-7-8-33-17(12-32)29-30-20(33)22(23,24)25)27-21(28-19(16)35-15)26-10-14-5-6-31(11-14)13(2)34/h9,14H,3-8,10-12H2,1-2H3,(H,26,27,28)/t14-/m1/s1. The fourth-order valence-electron chi connectivity index (χ4n) is 4.72. The van der Waals surface area contributed by atoms with Crippen LogP contribution in [0, 0.1) is 5.92 Å². The number of fused-ring (bicyclic) bond motifs is 2. The summed E-state index contributed by atoms with van der Waals surface area (Å²) < 4.78 is 40.9. The third-order valence-electron chi connectivity index (χ3n) is 6.51. The Morgan fingerprint density at radius 1 is 1.23 bits per heavy atom. The molecule has 3 aromatic heterocycles. The number of amides is 1. The number of anilines is 2. The Labute approximate surface area is 204 Å². The zero-order chi connectivity index (χ0) is 24.7. The molecule has 2 aliphatic heterocycles. The summed E-state index contributed by atoms with van der Waals surface area (Å²) in [5, 5.41) is 11.4. The second kappa shape index (κ2) is 9.25. The van der Waals surface area contributed by atoms with Crippen molar-refractivity contribution in [1.29, 1.82) is 0 Å². The van der Waals surface area contributed by atoms with Gasteiger partial charge in [0, 0.05) is 44.5 Å². The summed E-state index contributed by atoms with van der Waals surface area (Å²) >= 11 is 1.62. The van der Waals surface area contributed by atoms with Crippen LogP contribution in [0.1, 0.15) is 43.2 Å². The molecule has 3 aromatic rings. The summed E-state index contributed by atoms with van der Waals surface area (Å²) in [6.45, 7) is 6.48. The van der Waals surface area contributed by atoms with Crippen LogP contribution in [-0.2, 0) is 30.5 Å². The minimum atomic E-state index is -4.53. The van der Waals surface area contributed by atoms with E-state index in [0.29, 0.717) is 37.3 Å². The van der Waals surface area contributed by atoms with Crippen LogP contribution in [-0.4, -0.2) is 61.7 Å². The number of alkyl halides is 3. The van der Waals surface area contributed by atoms with Crippen molar-refractivity contribution in [3.05, 3.63) is 22.6 Å². The Hall–Kier alpha value is -2.96. The lowest BCUT2D eigenvalue weighted by Gasteiger charge is -2.29. The van der Waals surface area contributed by atoms with Gasteiger partial charge in [0.1, 0.15) is 10.6 Å². The van der Waals surface area contributed by atoms with E-state index in [9.17, 15) is 18.0 Å². The van der Waals surface area contributed by atoms with Gasteiger partial charge in [0.05, 0.1) is 11.9 Å². The topological polar surface area (TPSA) is 92.1 Å². The lowest BCUT2D eigenvalue weighted by molar-refractivity contribution is -0.147. The number of carbonyl (C=O) groups is 1. The molecule has 0 saturated carbocycles. The SMILES string of the molecule is CCCc1cc2c(N3CCn4c(nnc4C(F)(F)F)C3)nc(NC[C@H]3CCN(C(C)=O)C3)nc2s1. The van der Waals surface area contributed by atoms with Crippen molar-refractivity contribution in [2.24, 2.45) is 5.92 Å². The molecule has 0 unspecified atom stereocenters. The van der Waals surface area contributed by atoms with Crippen LogP contribution >= 0.6 is 11.3 Å². The number of carbonyl (C=O) groups excluding carboxylic acids is 1. The minimum absolute atomic E-state index is 0.0844. The van der Waals surface area contributed by atoms with E-state index in [2.05, 4.69) is 28.5 Å². The molecule has 5 rings (SSSR count). The molecule has 1 amide bonds. The van der Waals surface area contributed by atoms with Gasteiger partial charge in [-0.3, -0.25) is 4.79 Å². The Bertz CT molecular complexity index is 1240. The molecule has 0 spiro atoms. The molecule has 188 valence electrons. The number of aryl methyl sites for hydroxylation is 1. The third kappa shape index (κ3) is 4.78. The highest BCUT2D eigenvalue weighted by atomic mass is 32.1. The van der Waals surface area contributed by atoms with E-state index in [1.165, 1.54) is 4.88 Å². The molecule has 1 atom stereocenters.